The van der Waals surface area contributed by atoms with E-state index in [-0.39, 0.29) is 0 Å². The molecule has 0 radical (unpaired) electrons. The summed E-state index contributed by atoms with van der Waals surface area (Å²) in [6.07, 6.45) is 8.60. The zero-order valence-corrected chi connectivity index (χ0v) is 12.2. The Kier molecular flexibility index (Phi) is 6.38. The maximum atomic E-state index is 5.16. The molecule has 0 atom stereocenters. The summed E-state index contributed by atoms with van der Waals surface area (Å²) in [7, 11) is 1.74. The van der Waals surface area contributed by atoms with E-state index >= 15 is 0 Å². The molecule has 1 fully saturated rings. The zero-order chi connectivity index (χ0) is 13.3. The van der Waals surface area contributed by atoms with Crippen molar-refractivity contribution in [3.05, 3.63) is 35.4 Å². The van der Waals surface area contributed by atoms with Gasteiger partial charge in [0.1, 0.15) is 0 Å². The van der Waals surface area contributed by atoms with Crippen LogP contribution in [0.3, 0.4) is 0 Å². The van der Waals surface area contributed by atoms with Gasteiger partial charge in [-0.1, -0.05) is 49.9 Å². The van der Waals surface area contributed by atoms with Crippen molar-refractivity contribution in [2.75, 3.05) is 13.7 Å². The predicted octanol–water partition coefficient (Wildman–Crippen LogP) is 3.89. The lowest BCUT2D eigenvalue weighted by atomic mass is 10.0. The molecule has 0 amide bonds. The standard InChI is InChI=1S/C17H27NO/c1-19-14-17-9-4-8-16(12-17)13-18-11-5-10-15-6-2-3-7-15/h4,8-9,12,15,18H,2-3,5-7,10-11,13-14H2,1H3. The first kappa shape index (κ1) is 14.5. The zero-order valence-electron chi connectivity index (χ0n) is 12.2. The van der Waals surface area contributed by atoms with Crippen LogP contribution in [0.25, 0.3) is 0 Å². The smallest absolute Gasteiger partial charge is 0.0713 e. The fourth-order valence-electron chi connectivity index (χ4n) is 3.04. The molecule has 1 N–H and O–H groups in total. The maximum Gasteiger partial charge on any atom is 0.0713 e. The molecule has 1 aliphatic carbocycles. The topological polar surface area (TPSA) is 21.3 Å². The molecule has 0 spiro atoms. The first-order chi connectivity index (χ1) is 9.38. The molecule has 106 valence electrons. The van der Waals surface area contributed by atoms with Crippen molar-refractivity contribution < 1.29 is 4.74 Å². The van der Waals surface area contributed by atoms with Crippen molar-refractivity contribution >= 4 is 0 Å². The summed E-state index contributed by atoms with van der Waals surface area (Å²) in [5, 5.41) is 3.55. The Morgan fingerprint density at radius 1 is 1.21 bits per heavy atom. The number of nitrogens with one attached hydrogen (secondary N) is 1. The van der Waals surface area contributed by atoms with Crippen LogP contribution in [0.1, 0.15) is 49.7 Å². The molecule has 1 saturated carbocycles. The van der Waals surface area contributed by atoms with Gasteiger partial charge >= 0.3 is 0 Å². The third kappa shape index (κ3) is 5.33. The van der Waals surface area contributed by atoms with E-state index in [9.17, 15) is 0 Å². The summed E-state index contributed by atoms with van der Waals surface area (Å²) in [6, 6.07) is 8.65. The molecular formula is C17H27NO. The van der Waals surface area contributed by atoms with Crippen LogP contribution in [0.4, 0.5) is 0 Å². The van der Waals surface area contributed by atoms with E-state index in [2.05, 4.69) is 29.6 Å². The Labute approximate surface area is 117 Å². The van der Waals surface area contributed by atoms with Crippen LogP contribution < -0.4 is 5.32 Å². The molecule has 0 saturated heterocycles. The maximum absolute atomic E-state index is 5.16. The predicted molar refractivity (Wildman–Crippen MR) is 80.1 cm³/mol. The molecule has 0 bridgehead atoms. The second-order valence-electron chi connectivity index (χ2n) is 5.72. The van der Waals surface area contributed by atoms with Gasteiger partial charge < -0.3 is 10.1 Å². The summed E-state index contributed by atoms with van der Waals surface area (Å²) >= 11 is 0. The van der Waals surface area contributed by atoms with Crippen LogP contribution in [0.2, 0.25) is 0 Å². The third-order valence-electron chi connectivity index (χ3n) is 4.07. The SMILES string of the molecule is COCc1cccc(CNCCCC2CCCC2)c1. The molecule has 1 aromatic carbocycles. The molecule has 0 aromatic heterocycles. The number of benzene rings is 1. The summed E-state index contributed by atoms with van der Waals surface area (Å²) in [4.78, 5) is 0. The van der Waals surface area contributed by atoms with Crippen LogP contribution in [0.5, 0.6) is 0 Å². The fourth-order valence-corrected chi connectivity index (χ4v) is 3.04. The van der Waals surface area contributed by atoms with Gasteiger partial charge in [0.05, 0.1) is 6.61 Å². The first-order valence-electron chi connectivity index (χ1n) is 7.66. The van der Waals surface area contributed by atoms with Gasteiger partial charge in [-0.15, -0.1) is 0 Å². The van der Waals surface area contributed by atoms with Gasteiger partial charge in [0.15, 0.2) is 0 Å². The third-order valence-corrected chi connectivity index (χ3v) is 4.07. The lowest BCUT2D eigenvalue weighted by Gasteiger charge is -2.10. The highest BCUT2D eigenvalue weighted by Crippen LogP contribution is 2.28. The van der Waals surface area contributed by atoms with E-state index in [0.717, 1.165) is 19.0 Å². The van der Waals surface area contributed by atoms with E-state index < -0.39 is 0 Å². The van der Waals surface area contributed by atoms with Crippen molar-refractivity contribution in [2.24, 2.45) is 5.92 Å². The number of methoxy groups -OCH3 is 1. The van der Waals surface area contributed by atoms with Gasteiger partial charge in [-0.3, -0.25) is 0 Å². The van der Waals surface area contributed by atoms with E-state index in [0.29, 0.717) is 6.61 Å². The Morgan fingerprint density at radius 2 is 2.00 bits per heavy atom. The molecular weight excluding hydrogens is 234 g/mol. The van der Waals surface area contributed by atoms with Gasteiger partial charge in [0.2, 0.25) is 0 Å². The average molecular weight is 261 g/mol. The Bertz CT molecular complexity index is 358. The van der Waals surface area contributed by atoms with Crippen molar-refractivity contribution in [1.82, 2.24) is 5.32 Å². The van der Waals surface area contributed by atoms with Crippen LogP contribution in [0.15, 0.2) is 24.3 Å². The minimum absolute atomic E-state index is 0.704. The molecule has 0 aliphatic heterocycles. The van der Waals surface area contributed by atoms with Gasteiger partial charge in [0.25, 0.3) is 0 Å². The quantitative estimate of drug-likeness (QED) is 0.717. The van der Waals surface area contributed by atoms with Crippen molar-refractivity contribution in [3.8, 4) is 0 Å². The van der Waals surface area contributed by atoms with Gasteiger partial charge in [0, 0.05) is 13.7 Å². The summed E-state index contributed by atoms with van der Waals surface area (Å²) in [6.45, 7) is 2.82. The van der Waals surface area contributed by atoms with E-state index in [4.69, 9.17) is 4.74 Å². The summed E-state index contributed by atoms with van der Waals surface area (Å²) in [5.74, 6) is 1.02. The summed E-state index contributed by atoms with van der Waals surface area (Å²) in [5.41, 5.74) is 2.61. The van der Waals surface area contributed by atoms with Crippen LogP contribution in [0, 0.1) is 5.92 Å². The van der Waals surface area contributed by atoms with Gasteiger partial charge in [-0.2, -0.15) is 0 Å². The minimum Gasteiger partial charge on any atom is -0.380 e. The molecule has 1 aliphatic rings. The van der Waals surface area contributed by atoms with Crippen molar-refractivity contribution in [2.45, 2.75) is 51.7 Å². The number of rotatable bonds is 8. The normalized spacial score (nSPS) is 16.1. The monoisotopic (exact) mass is 261 g/mol. The van der Waals surface area contributed by atoms with E-state index in [1.807, 2.05) is 0 Å². The highest BCUT2D eigenvalue weighted by atomic mass is 16.5. The lowest BCUT2D eigenvalue weighted by Crippen LogP contribution is -2.15. The van der Waals surface area contributed by atoms with Crippen molar-refractivity contribution in [1.29, 1.82) is 0 Å². The first-order valence-corrected chi connectivity index (χ1v) is 7.66. The van der Waals surface area contributed by atoms with Crippen LogP contribution >= 0.6 is 0 Å². The molecule has 2 nitrogen and oxygen atoms in total. The van der Waals surface area contributed by atoms with Crippen LogP contribution in [-0.4, -0.2) is 13.7 Å². The fraction of sp³-hybridized carbons (Fsp3) is 0.647. The molecule has 0 heterocycles. The number of ether oxygens (including phenoxy) is 1. The Morgan fingerprint density at radius 3 is 2.79 bits per heavy atom. The van der Waals surface area contributed by atoms with Crippen LogP contribution in [-0.2, 0) is 17.9 Å². The minimum atomic E-state index is 0.704. The average Bonchev–Trinajstić information content (AvgIpc) is 2.92. The highest BCUT2D eigenvalue weighted by molar-refractivity contribution is 5.22. The highest BCUT2D eigenvalue weighted by Gasteiger charge is 2.13. The molecule has 19 heavy (non-hydrogen) atoms. The Hall–Kier alpha value is -0.860. The van der Waals surface area contributed by atoms with E-state index in [1.54, 1.807) is 7.11 Å². The van der Waals surface area contributed by atoms with Crippen molar-refractivity contribution in [3.63, 3.8) is 0 Å². The number of hydrogen-bond acceptors (Lipinski definition) is 2. The number of hydrogen-bond donors (Lipinski definition) is 1. The van der Waals surface area contributed by atoms with Gasteiger partial charge in [-0.05, 0) is 36.4 Å². The Balaban J connectivity index is 1.60. The lowest BCUT2D eigenvalue weighted by molar-refractivity contribution is 0.185. The van der Waals surface area contributed by atoms with Gasteiger partial charge in [-0.25, -0.2) is 0 Å². The second-order valence-corrected chi connectivity index (χ2v) is 5.72. The summed E-state index contributed by atoms with van der Waals surface area (Å²) < 4.78 is 5.16. The second kappa shape index (κ2) is 8.34. The van der Waals surface area contributed by atoms with E-state index in [1.165, 1.54) is 49.7 Å². The molecule has 0 unspecified atom stereocenters. The molecule has 2 rings (SSSR count). The molecule has 2 heteroatoms. The largest absolute Gasteiger partial charge is 0.380 e. The molecule has 1 aromatic rings.